The molecule has 82 valence electrons. The summed E-state index contributed by atoms with van der Waals surface area (Å²) >= 11 is 0. The molecule has 0 rings (SSSR count). The SMILES string of the molecule is C/C=C(\C=C/CC)C(C)(C)CC(C)C. The van der Waals surface area contributed by atoms with Crippen molar-refractivity contribution in [3.05, 3.63) is 23.8 Å². The molecule has 0 aliphatic carbocycles. The van der Waals surface area contributed by atoms with Crippen molar-refractivity contribution in [1.82, 2.24) is 0 Å². The smallest absolute Gasteiger partial charge is 0.0104 e. The first kappa shape index (κ1) is 13.5. The molecule has 0 spiro atoms. The normalized spacial score (nSPS) is 14.4. The van der Waals surface area contributed by atoms with Gasteiger partial charge in [-0.3, -0.25) is 0 Å². The lowest BCUT2D eigenvalue weighted by atomic mass is 9.77. The Bertz CT molecular complexity index is 204. The summed E-state index contributed by atoms with van der Waals surface area (Å²) in [6, 6.07) is 0. The minimum atomic E-state index is 0.314. The summed E-state index contributed by atoms with van der Waals surface area (Å²) in [5.74, 6) is 0.759. The molecule has 0 aromatic carbocycles. The maximum atomic E-state index is 2.34. The first-order valence-corrected chi connectivity index (χ1v) is 5.77. The number of hydrogen-bond donors (Lipinski definition) is 0. The van der Waals surface area contributed by atoms with Gasteiger partial charge in [0.1, 0.15) is 0 Å². The average molecular weight is 194 g/mol. The van der Waals surface area contributed by atoms with E-state index in [4.69, 9.17) is 0 Å². The van der Waals surface area contributed by atoms with Gasteiger partial charge >= 0.3 is 0 Å². The fraction of sp³-hybridized carbons (Fsp3) is 0.714. The van der Waals surface area contributed by atoms with E-state index in [0.29, 0.717) is 5.41 Å². The summed E-state index contributed by atoms with van der Waals surface area (Å²) in [5, 5.41) is 0. The predicted octanol–water partition coefficient (Wildman–Crippen LogP) is 4.97. The van der Waals surface area contributed by atoms with Gasteiger partial charge in [-0.15, -0.1) is 0 Å². The Labute approximate surface area is 90.1 Å². The Morgan fingerprint density at radius 3 is 2.21 bits per heavy atom. The van der Waals surface area contributed by atoms with Crippen LogP contribution in [0.5, 0.6) is 0 Å². The number of hydrogen-bond acceptors (Lipinski definition) is 0. The lowest BCUT2D eigenvalue weighted by Gasteiger charge is -2.28. The Morgan fingerprint density at radius 2 is 1.86 bits per heavy atom. The molecule has 14 heavy (non-hydrogen) atoms. The third-order valence-electron chi connectivity index (χ3n) is 2.54. The van der Waals surface area contributed by atoms with Gasteiger partial charge in [-0.05, 0) is 36.7 Å². The molecular formula is C14H26. The van der Waals surface area contributed by atoms with E-state index in [0.717, 1.165) is 12.3 Å². The monoisotopic (exact) mass is 194 g/mol. The third kappa shape index (κ3) is 4.64. The van der Waals surface area contributed by atoms with E-state index in [2.05, 4.69) is 59.8 Å². The van der Waals surface area contributed by atoms with E-state index in [1.807, 2.05) is 0 Å². The van der Waals surface area contributed by atoms with Gasteiger partial charge in [0.05, 0.1) is 0 Å². The topological polar surface area (TPSA) is 0 Å². The van der Waals surface area contributed by atoms with Crippen LogP contribution in [-0.2, 0) is 0 Å². The molecule has 0 N–H and O–H groups in total. The van der Waals surface area contributed by atoms with Crippen molar-refractivity contribution in [2.75, 3.05) is 0 Å². The quantitative estimate of drug-likeness (QED) is 0.542. The lowest BCUT2D eigenvalue weighted by molar-refractivity contribution is 0.351. The first-order valence-electron chi connectivity index (χ1n) is 5.77. The molecule has 0 atom stereocenters. The fourth-order valence-electron chi connectivity index (χ4n) is 2.10. The van der Waals surface area contributed by atoms with Gasteiger partial charge in [0.2, 0.25) is 0 Å². The Hall–Kier alpha value is -0.520. The van der Waals surface area contributed by atoms with Crippen LogP contribution in [0, 0.1) is 11.3 Å². The Balaban J connectivity index is 4.58. The van der Waals surface area contributed by atoms with E-state index in [-0.39, 0.29) is 0 Å². The minimum Gasteiger partial charge on any atom is -0.0845 e. The number of rotatable bonds is 5. The molecule has 0 aliphatic heterocycles. The maximum absolute atomic E-state index is 2.34. The van der Waals surface area contributed by atoms with Crippen LogP contribution in [0.25, 0.3) is 0 Å². The molecule has 0 aliphatic rings. The number of allylic oxidation sites excluding steroid dienone is 4. The van der Waals surface area contributed by atoms with Crippen molar-refractivity contribution in [2.24, 2.45) is 11.3 Å². The molecule has 0 saturated heterocycles. The molecule has 0 bridgehead atoms. The van der Waals surface area contributed by atoms with Crippen LogP contribution in [-0.4, -0.2) is 0 Å². The zero-order valence-corrected chi connectivity index (χ0v) is 10.7. The minimum absolute atomic E-state index is 0.314. The molecule has 0 heterocycles. The van der Waals surface area contributed by atoms with E-state index in [1.54, 1.807) is 0 Å². The van der Waals surface area contributed by atoms with Crippen LogP contribution in [0.15, 0.2) is 23.8 Å². The summed E-state index contributed by atoms with van der Waals surface area (Å²) in [7, 11) is 0. The summed E-state index contributed by atoms with van der Waals surface area (Å²) in [5.41, 5.74) is 1.78. The first-order chi connectivity index (χ1) is 6.44. The van der Waals surface area contributed by atoms with Crippen LogP contribution in [0.3, 0.4) is 0 Å². The standard InChI is InChI=1S/C14H26/c1-7-9-10-13(8-2)14(5,6)11-12(3)4/h8-10,12H,7,11H2,1-6H3/b10-9-,13-8+. The molecule has 0 aromatic heterocycles. The van der Waals surface area contributed by atoms with Gasteiger partial charge in [0.15, 0.2) is 0 Å². The van der Waals surface area contributed by atoms with Crippen molar-refractivity contribution in [2.45, 2.75) is 54.4 Å². The molecular weight excluding hydrogens is 168 g/mol. The van der Waals surface area contributed by atoms with Gasteiger partial charge < -0.3 is 0 Å². The third-order valence-corrected chi connectivity index (χ3v) is 2.54. The van der Waals surface area contributed by atoms with Crippen molar-refractivity contribution in [3.63, 3.8) is 0 Å². The summed E-state index contributed by atoms with van der Waals surface area (Å²) < 4.78 is 0. The van der Waals surface area contributed by atoms with Gasteiger partial charge in [0, 0.05) is 0 Å². The molecule has 0 saturated carbocycles. The van der Waals surface area contributed by atoms with Gasteiger partial charge in [-0.2, -0.15) is 0 Å². The zero-order chi connectivity index (χ0) is 11.2. The largest absolute Gasteiger partial charge is 0.0845 e. The van der Waals surface area contributed by atoms with E-state index < -0.39 is 0 Å². The average Bonchev–Trinajstić information content (AvgIpc) is 2.02. The molecule has 0 amide bonds. The van der Waals surface area contributed by atoms with Crippen LogP contribution in [0.1, 0.15) is 54.4 Å². The van der Waals surface area contributed by atoms with Crippen molar-refractivity contribution in [3.8, 4) is 0 Å². The van der Waals surface area contributed by atoms with Crippen LogP contribution < -0.4 is 0 Å². The highest BCUT2D eigenvalue weighted by Crippen LogP contribution is 2.34. The van der Waals surface area contributed by atoms with Gasteiger partial charge in [-0.25, -0.2) is 0 Å². The molecule has 0 fully saturated rings. The fourth-order valence-corrected chi connectivity index (χ4v) is 2.10. The van der Waals surface area contributed by atoms with Crippen molar-refractivity contribution < 1.29 is 0 Å². The lowest BCUT2D eigenvalue weighted by Crippen LogP contribution is -2.16. The van der Waals surface area contributed by atoms with Crippen molar-refractivity contribution >= 4 is 0 Å². The van der Waals surface area contributed by atoms with Crippen LogP contribution in [0.2, 0.25) is 0 Å². The van der Waals surface area contributed by atoms with Crippen LogP contribution >= 0.6 is 0 Å². The highest BCUT2D eigenvalue weighted by molar-refractivity contribution is 5.24. The summed E-state index contributed by atoms with van der Waals surface area (Å²) in [6.07, 6.45) is 9.14. The van der Waals surface area contributed by atoms with E-state index in [9.17, 15) is 0 Å². The summed E-state index contributed by atoms with van der Waals surface area (Å²) in [6.45, 7) is 13.6. The molecule has 0 heteroatoms. The highest BCUT2D eigenvalue weighted by Gasteiger charge is 2.21. The second-order valence-electron chi connectivity index (χ2n) is 5.04. The second kappa shape index (κ2) is 6.06. The molecule has 0 nitrogen and oxygen atoms in total. The van der Waals surface area contributed by atoms with Crippen LogP contribution in [0.4, 0.5) is 0 Å². The molecule has 0 aromatic rings. The summed E-state index contributed by atoms with van der Waals surface area (Å²) in [4.78, 5) is 0. The second-order valence-corrected chi connectivity index (χ2v) is 5.04. The molecule has 0 radical (unpaired) electrons. The van der Waals surface area contributed by atoms with E-state index >= 15 is 0 Å². The van der Waals surface area contributed by atoms with Crippen molar-refractivity contribution in [1.29, 1.82) is 0 Å². The maximum Gasteiger partial charge on any atom is -0.0104 e. The van der Waals surface area contributed by atoms with E-state index in [1.165, 1.54) is 12.0 Å². The Kier molecular flexibility index (Phi) is 5.83. The van der Waals surface area contributed by atoms with Gasteiger partial charge in [-0.1, -0.05) is 52.8 Å². The van der Waals surface area contributed by atoms with Gasteiger partial charge in [0.25, 0.3) is 0 Å². The Morgan fingerprint density at radius 1 is 1.29 bits per heavy atom. The highest BCUT2D eigenvalue weighted by atomic mass is 14.3. The predicted molar refractivity (Wildman–Crippen MR) is 66.4 cm³/mol. The molecule has 0 unspecified atom stereocenters. The zero-order valence-electron chi connectivity index (χ0n) is 10.7.